The molecule has 3 rings (SSSR count). The molecule has 1 aromatic heterocycles. The van der Waals surface area contributed by atoms with Crippen LogP contribution in [0.15, 0.2) is 41.0 Å². The van der Waals surface area contributed by atoms with Gasteiger partial charge in [0.05, 0.1) is 6.26 Å². The molecule has 106 valence electrons. The molecule has 0 bridgehead atoms. The molecule has 0 spiro atoms. The van der Waals surface area contributed by atoms with E-state index in [-0.39, 0.29) is 12.1 Å². The molecule has 2 atom stereocenters. The van der Waals surface area contributed by atoms with Gasteiger partial charge in [-0.05, 0) is 61.1 Å². The van der Waals surface area contributed by atoms with Crippen molar-refractivity contribution in [3.63, 3.8) is 0 Å². The van der Waals surface area contributed by atoms with E-state index in [0.29, 0.717) is 0 Å². The smallest absolute Gasteiger partial charge is 0.171 e. The second-order valence-electron chi connectivity index (χ2n) is 5.41. The van der Waals surface area contributed by atoms with Crippen molar-refractivity contribution in [2.24, 2.45) is 5.73 Å². The van der Waals surface area contributed by atoms with Crippen molar-refractivity contribution in [3.8, 4) is 5.75 Å². The van der Waals surface area contributed by atoms with Gasteiger partial charge in [0.15, 0.2) is 6.10 Å². The summed E-state index contributed by atoms with van der Waals surface area (Å²) in [5, 5.41) is 0. The van der Waals surface area contributed by atoms with Crippen LogP contribution >= 0.6 is 0 Å². The van der Waals surface area contributed by atoms with Crippen LogP contribution in [0.2, 0.25) is 0 Å². The summed E-state index contributed by atoms with van der Waals surface area (Å²) in [4.78, 5) is 0. The minimum atomic E-state index is -0.227. The van der Waals surface area contributed by atoms with E-state index in [9.17, 15) is 0 Å². The van der Waals surface area contributed by atoms with Crippen molar-refractivity contribution in [2.75, 3.05) is 0 Å². The second kappa shape index (κ2) is 5.71. The molecule has 20 heavy (non-hydrogen) atoms. The third-order valence-electron chi connectivity index (χ3n) is 4.02. The Morgan fingerprint density at radius 2 is 2.10 bits per heavy atom. The van der Waals surface area contributed by atoms with Gasteiger partial charge in [0.1, 0.15) is 11.5 Å². The lowest BCUT2D eigenvalue weighted by atomic mass is 10.1. The largest absolute Gasteiger partial charge is 0.481 e. The van der Waals surface area contributed by atoms with Gasteiger partial charge in [0.2, 0.25) is 0 Å². The number of hydrogen-bond acceptors (Lipinski definition) is 3. The molecule has 2 N–H and O–H groups in total. The summed E-state index contributed by atoms with van der Waals surface area (Å²) in [5.41, 5.74) is 9.04. The van der Waals surface area contributed by atoms with Crippen LogP contribution in [0.5, 0.6) is 5.75 Å². The third kappa shape index (κ3) is 2.59. The van der Waals surface area contributed by atoms with Crippen LogP contribution in [-0.4, -0.2) is 6.04 Å². The first kappa shape index (κ1) is 13.3. The molecule has 1 heterocycles. The molecule has 0 fully saturated rings. The summed E-state index contributed by atoms with van der Waals surface area (Å²) in [6, 6.07) is 10.1. The average molecular weight is 271 g/mol. The molecule has 0 saturated heterocycles. The highest BCUT2D eigenvalue weighted by Crippen LogP contribution is 2.30. The second-order valence-corrected chi connectivity index (χ2v) is 5.41. The number of benzene rings is 1. The Morgan fingerprint density at radius 3 is 2.85 bits per heavy atom. The lowest BCUT2D eigenvalue weighted by Crippen LogP contribution is -2.31. The first-order valence-electron chi connectivity index (χ1n) is 7.35. The lowest BCUT2D eigenvalue weighted by molar-refractivity contribution is 0.144. The van der Waals surface area contributed by atoms with Crippen LogP contribution in [0.3, 0.4) is 0 Å². The average Bonchev–Trinajstić information content (AvgIpc) is 3.14. The van der Waals surface area contributed by atoms with Crippen LogP contribution in [-0.2, 0) is 12.8 Å². The van der Waals surface area contributed by atoms with Crippen LogP contribution in [0.25, 0.3) is 0 Å². The van der Waals surface area contributed by atoms with Gasteiger partial charge in [0.25, 0.3) is 0 Å². The molecule has 1 aliphatic carbocycles. The molecule has 3 nitrogen and oxygen atoms in total. The minimum absolute atomic E-state index is 0.0746. The predicted octanol–water partition coefficient (Wildman–Crippen LogP) is 3.63. The van der Waals surface area contributed by atoms with Gasteiger partial charge in [-0.3, -0.25) is 0 Å². The fourth-order valence-electron chi connectivity index (χ4n) is 2.79. The maximum Gasteiger partial charge on any atom is 0.171 e. The summed E-state index contributed by atoms with van der Waals surface area (Å²) in [5.74, 6) is 1.68. The minimum Gasteiger partial charge on any atom is -0.481 e. The number of nitrogens with two attached hydrogens (primary N) is 1. The van der Waals surface area contributed by atoms with Gasteiger partial charge in [-0.1, -0.05) is 13.0 Å². The number of fused-ring (bicyclic) bond motifs is 1. The first-order chi connectivity index (χ1) is 9.78. The molecule has 1 aromatic carbocycles. The SMILES string of the molecule is CCC(N)C(Oc1ccc2c(c1)CCC2)c1ccco1. The van der Waals surface area contributed by atoms with E-state index < -0.39 is 0 Å². The van der Waals surface area contributed by atoms with Gasteiger partial charge in [0, 0.05) is 6.04 Å². The van der Waals surface area contributed by atoms with E-state index in [1.807, 2.05) is 18.2 Å². The monoisotopic (exact) mass is 271 g/mol. The van der Waals surface area contributed by atoms with Crippen molar-refractivity contribution >= 4 is 0 Å². The summed E-state index contributed by atoms with van der Waals surface area (Å²) >= 11 is 0. The van der Waals surface area contributed by atoms with Crippen molar-refractivity contribution in [1.82, 2.24) is 0 Å². The Morgan fingerprint density at radius 1 is 1.25 bits per heavy atom. The van der Waals surface area contributed by atoms with Crippen molar-refractivity contribution in [3.05, 3.63) is 53.5 Å². The van der Waals surface area contributed by atoms with Gasteiger partial charge in [-0.15, -0.1) is 0 Å². The number of hydrogen-bond donors (Lipinski definition) is 1. The number of rotatable bonds is 5. The fourth-order valence-corrected chi connectivity index (χ4v) is 2.79. The lowest BCUT2D eigenvalue weighted by Gasteiger charge is -2.22. The zero-order valence-corrected chi connectivity index (χ0v) is 11.8. The third-order valence-corrected chi connectivity index (χ3v) is 4.02. The Hall–Kier alpha value is -1.74. The fraction of sp³-hybridized carbons (Fsp3) is 0.412. The molecule has 0 aliphatic heterocycles. The zero-order valence-electron chi connectivity index (χ0n) is 11.8. The van der Waals surface area contributed by atoms with Crippen LogP contribution in [0.4, 0.5) is 0 Å². The summed E-state index contributed by atoms with van der Waals surface area (Å²) < 4.78 is 11.6. The van der Waals surface area contributed by atoms with Crippen LogP contribution < -0.4 is 10.5 Å². The summed E-state index contributed by atoms with van der Waals surface area (Å²) in [6.07, 6.45) is 5.86. The summed E-state index contributed by atoms with van der Waals surface area (Å²) in [6.45, 7) is 2.06. The van der Waals surface area contributed by atoms with E-state index in [1.165, 1.54) is 24.0 Å². The molecule has 0 amide bonds. The Balaban J connectivity index is 1.83. The van der Waals surface area contributed by atoms with E-state index in [1.54, 1.807) is 6.26 Å². The molecular weight excluding hydrogens is 250 g/mol. The van der Waals surface area contributed by atoms with Gasteiger partial charge in [-0.2, -0.15) is 0 Å². The van der Waals surface area contributed by atoms with Gasteiger partial charge in [-0.25, -0.2) is 0 Å². The van der Waals surface area contributed by atoms with Crippen molar-refractivity contribution in [1.29, 1.82) is 0 Å². The molecule has 1 aliphatic rings. The first-order valence-corrected chi connectivity index (χ1v) is 7.35. The van der Waals surface area contributed by atoms with E-state index in [2.05, 4.69) is 19.1 Å². The summed E-state index contributed by atoms with van der Waals surface area (Å²) in [7, 11) is 0. The quantitative estimate of drug-likeness (QED) is 0.903. The van der Waals surface area contributed by atoms with Crippen LogP contribution in [0, 0.1) is 0 Å². The zero-order chi connectivity index (χ0) is 13.9. The Bertz CT molecular complexity index is 562. The maximum absolute atomic E-state index is 6.18. The molecule has 0 saturated carbocycles. The van der Waals surface area contributed by atoms with E-state index >= 15 is 0 Å². The van der Waals surface area contributed by atoms with Gasteiger partial charge >= 0.3 is 0 Å². The molecular formula is C17H21NO2. The Labute approximate surface area is 119 Å². The highest BCUT2D eigenvalue weighted by atomic mass is 16.5. The van der Waals surface area contributed by atoms with Gasteiger partial charge < -0.3 is 14.9 Å². The Kier molecular flexibility index (Phi) is 3.79. The molecule has 3 heteroatoms. The molecule has 2 unspecified atom stereocenters. The van der Waals surface area contributed by atoms with Crippen molar-refractivity contribution in [2.45, 2.75) is 44.8 Å². The normalized spacial score (nSPS) is 16.7. The van der Waals surface area contributed by atoms with Crippen molar-refractivity contribution < 1.29 is 9.15 Å². The van der Waals surface area contributed by atoms with E-state index in [4.69, 9.17) is 14.9 Å². The predicted molar refractivity (Wildman–Crippen MR) is 78.8 cm³/mol. The number of aryl methyl sites for hydroxylation is 2. The molecule has 0 radical (unpaired) electrons. The number of ether oxygens (including phenoxy) is 1. The van der Waals surface area contributed by atoms with E-state index in [0.717, 1.165) is 24.4 Å². The molecule has 2 aromatic rings. The topological polar surface area (TPSA) is 48.4 Å². The maximum atomic E-state index is 6.18. The highest BCUT2D eigenvalue weighted by molar-refractivity contribution is 5.38. The standard InChI is InChI=1S/C17H21NO2/c1-2-15(18)17(16-7-4-10-19-16)20-14-9-8-12-5-3-6-13(12)11-14/h4,7-11,15,17H,2-3,5-6,18H2,1H3. The van der Waals surface area contributed by atoms with Crippen LogP contribution in [0.1, 0.15) is 42.8 Å². The number of furan rings is 1. The highest BCUT2D eigenvalue weighted by Gasteiger charge is 2.23.